The normalized spacial score (nSPS) is 17.3. The molecule has 0 radical (unpaired) electrons. The quantitative estimate of drug-likeness (QED) is 0.827. The van der Waals surface area contributed by atoms with E-state index in [2.05, 4.69) is 16.3 Å². The second kappa shape index (κ2) is 6.57. The number of anilines is 1. The summed E-state index contributed by atoms with van der Waals surface area (Å²) in [7, 11) is 0. The maximum absolute atomic E-state index is 11.1. The number of nitrogens with one attached hydrogen (secondary N) is 1. The number of carbonyl (C=O) groups is 1. The highest BCUT2D eigenvalue weighted by Gasteiger charge is 2.17. The predicted molar refractivity (Wildman–Crippen MR) is 76.3 cm³/mol. The van der Waals surface area contributed by atoms with E-state index in [1.165, 1.54) is 18.4 Å². The molecule has 104 valence electrons. The number of carboxylic acid groups (broad SMARTS) is 1. The van der Waals surface area contributed by atoms with Crippen molar-refractivity contribution in [3.8, 4) is 0 Å². The molecule has 4 heteroatoms. The van der Waals surface area contributed by atoms with Crippen LogP contribution in [0.3, 0.4) is 0 Å². The summed E-state index contributed by atoms with van der Waals surface area (Å²) in [6, 6.07) is 7.49. The van der Waals surface area contributed by atoms with Crippen molar-refractivity contribution in [2.75, 3.05) is 18.4 Å². The van der Waals surface area contributed by atoms with Crippen molar-refractivity contribution in [1.29, 1.82) is 0 Å². The summed E-state index contributed by atoms with van der Waals surface area (Å²) in [5, 5.41) is 12.3. The first-order chi connectivity index (χ1) is 9.20. The molecular formula is C15H22N2O2. The lowest BCUT2D eigenvalue weighted by molar-refractivity contribution is -0.137. The molecule has 2 rings (SSSR count). The van der Waals surface area contributed by atoms with E-state index >= 15 is 0 Å². The van der Waals surface area contributed by atoms with Gasteiger partial charge in [-0.3, -0.25) is 4.90 Å². The summed E-state index contributed by atoms with van der Waals surface area (Å²) < 4.78 is 0. The van der Waals surface area contributed by atoms with E-state index in [1.54, 1.807) is 0 Å². The van der Waals surface area contributed by atoms with Gasteiger partial charge in [0, 0.05) is 12.2 Å². The highest BCUT2D eigenvalue weighted by atomic mass is 16.4. The molecular weight excluding hydrogens is 240 g/mol. The summed E-state index contributed by atoms with van der Waals surface area (Å²) in [5.74, 6) is -0.793. The van der Waals surface area contributed by atoms with Crippen molar-refractivity contribution in [1.82, 2.24) is 4.90 Å². The van der Waals surface area contributed by atoms with Gasteiger partial charge in [-0.15, -0.1) is 0 Å². The Bertz CT molecular complexity index is 428. The number of rotatable bonds is 6. The first kappa shape index (κ1) is 13.9. The third-order valence-electron chi connectivity index (χ3n) is 3.65. The lowest BCUT2D eigenvalue weighted by atomic mass is 10.1. The van der Waals surface area contributed by atoms with Gasteiger partial charge in [-0.25, -0.2) is 4.79 Å². The maximum Gasteiger partial charge on any atom is 0.326 e. The highest BCUT2D eigenvalue weighted by molar-refractivity contribution is 5.77. The summed E-state index contributed by atoms with van der Waals surface area (Å²) in [6.45, 7) is 5.07. The third kappa shape index (κ3) is 3.70. The van der Waals surface area contributed by atoms with Crippen LogP contribution in [0, 0.1) is 0 Å². The fourth-order valence-electron chi connectivity index (χ4n) is 2.51. The van der Waals surface area contributed by atoms with Gasteiger partial charge in [0.05, 0.1) is 0 Å². The number of benzene rings is 1. The minimum atomic E-state index is -0.793. The maximum atomic E-state index is 11.1. The fraction of sp³-hybridized carbons (Fsp3) is 0.533. The van der Waals surface area contributed by atoms with Crippen LogP contribution in [0.2, 0.25) is 0 Å². The van der Waals surface area contributed by atoms with Crippen LogP contribution in [0.5, 0.6) is 0 Å². The summed E-state index contributed by atoms with van der Waals surface area (Å²) in [5.41, 5.74) is 2.13. The largest absolute Gasteiger partial charge is 0.480 e. The van der Waals surface area contributed by atoms with E-state index in [0.717, 1.165) is 25.3 Å². The van der Waals surface area contributed by atoms with Crippen LogP contribution in [0.25, 0.3) is 0 Å². The van der Waals surface area contributed by atoms with Gasteiger partial charge < -0.3 is 10.4 Å². The summed E-state index contributed by atoms with van der Waals surface area (Å²) in [4.78, 5) is 13.5. The third-order valence-corrected chi connectivity index (χ3v) is 3.65. The zero-order chi connectivity index (χ0) is 13.7. The Labute approximate surface area is 114 Å². The molecule has 1 unspecified atom stereocenters. The van der Waals surface area contributed by atoms with Crippen molar-refractivity contribution in [3.05, 3.63) is 29.8 Å². The molecule has 1 aromatic rings. The average Bonchev–Trinajstić information content (AvgIpc) is 2.90. The van der Waals surface area contributed by atoms with Gasteiger partial charge in [0.2, 0.25) is 0 Å². The van der Waals surface area contributed by atoms with Crippen molar-refractivity contribution < 1.29 is 9.90 Å². The van der Waals surface area contributed by atoms with E-state index in [1.807, 2.05) is 25.1 Å². The standard InChI is InChI=1S/C15H22N2O2/c1-2-13(15(18)19)16-14-8-4-3-7-12(14)11-17-9-5-6-10-17/h3-4,7-8,13,16H,2,5-6,9-11H2,1H3,(H,18,19). The Morgan fingerprint density at radius 1 is 1.37 bits per heavy atom. The Hall–Kier alpha value is -1.55. The van der Waals surface area contributed by atoms with Crippen molar-refractivity contribution in [2.24, 2.45) is 0 Å². The minimum absolute atomic E-state index is 0.514. The van der Waals surface area contributed by atoms with Crippen LogP contribution in [0.4, 0.5) is 5.69 Å². The Morgan fingerprint density at radius 2 is 2.05 bits per heavy atom. The van der Waals surface area contributed by atoms with Crippen LogP contribution in [0.1, 0.15) is 31.7 Å². The van der Waals surface area contributed by atoms with Crippen LogP contribution in [-0.4, -0.2) is 35.1 Å². The second-order valence-corrected chi connectivity index (χ2v) is 5.08. The van der Waals surface area contributed by atoms with Crippen molar-refractivity contribution in [2.45, 2.75) is 38.8 Å². The van der Waals surface area contributed by atoms with Crippen LogP contribution < -0.4 is 5.32 Å². The lowest BCUT2D eigenvalue weighted by Gasteiger charge is -2.20. The van der Waals surface area contributed by atoms with Crippen LogP contribution in [0.15, 0.2) is 24.3 Å². The van der Waals surface area contributed by atoms with E-state index in [0.29, 0.717) is 6.42 Å². The molecule has 2 N–H and O–H groups in total. The number of nitrogens with zero attached hydrogens (tertiary/aromatic N) is 1. The predicted octanol–water partition coefficient (Wildman–Crippen LogP) is 2.56. The topological polar surface area (TPSA) is 52.6 Å². The molecule has 19 heavy (non-hydrogen) atoms. The number of hydrogen-bond donors (Lipinski definition) is 2. The molecule has 0 spiro atoms. The summed E-state index contributed by atoms with van der Waals surface area (Å²) >= 11 is 0. The highest BCUT2D eigenvalue weighted by Crippen LogP contribution is 2.21. The first-order valence-electron chi connectivity index (χ1n) is 7.00. The number of likely N-dealkylation sites (tertiary alicyclic amines) is 1. The Morgan fingerprint density at radius 3 is 2.68 bits per heavy atom. The van der Waals surface area contributed by atoms with Crippen molar-refractivity contribution in [3.63, 3.8) is 0 Å². The second-order valence-electron chi connectivity index (χ2n) is 5.08. The molecule has 1 heterocycles. The van der Waals surface area contributed by atoms with Gasteiger partial charge in [0.15, 0.2) is 0 Å². The number of carboxylic acids is 1. The van der Waals surface area contributed by atoms with Gasteiger partial charge in [-0.05, 0) is 44.0 Å². The fourth-order valence-corrected chi connectivity index (χ4v) is 2.51. The van der Waals surface area contributed by atoms with Crippen LogP contribution >= 0.6 is 0 Å². The summed E-state index contributed by atoms with van der Waals surface area (Å²) in [6.07, 6.45) is 3.11. The molecule has 0 bridgehead atoms. The SMILES string of the molecule is CCC(Nc1ccccc1CN1CCCC1)C(=O)O. The smallest absolute Gasteiger partial charge is 0.326 e. The van der Waals surface area contributed by atoms with Gasteiger partial charge in [-0.2, -0.15) is 0 Å². The molecule has 1 atom stereocenters. The van der Waals surface area contributed by atoms with Gasteiger partial charge in [0.25, 0.3) is 0 Å². The zero-order valence-electron chi connectivity index (χ0n) is 11.4. The average molecular weight is 262 g/mol. The molecule has 1 aliphatic rings. The monoisotopic (exact) mass is 262 g/mol. The van der Waals surface area contributed by atoms with Crippen molar-refractivity contribution >= 4 is 11.7 Å². The molecule has 1 aliphatic heterocycles. The molecule has 1 fully saturated rings. The first-order valence-corrected chi connectivity index (χ1v) is 7.00. The minimum Gasteiger partial charge on any atom is -0.480 e. The molecule has 0 saturated carbocycles. The number of hydrogen-bond acceptors (Lipinski definition) is 3. The van der Waals surface area contributed by atoms with Gasteiger partial charge >= 0.3 is 5.97 Å². The molecule has 1 saturated heterocycles. The zero-order valence-corrected chi connectivity index (χ0v) is 11.4. The molecule has 0 aromatic heterocycles. The molecule has 1 aromatic carbocycles. The lowest BCUT2D eigenvalue weighted by Crippen LogP contribution is -2.29. The Kier molecular flexibility index (Phi) is 4.80. The number of aliphatic carboxylic acids is 1. The molecule has 0 aliphatic carbocycles. The molecule has 4 nitrogen and oxygen atoms in total. The number of para-hydroxylation sites is 1. The van der Waals surface area contributed by atoms with E-state index < -0.39 is 12.0 Å². The van der Waals surface area contributed by atoms with Gasteiger partial charge in [0.1, 0.15) is 6.04 Å². The van der Waals surface area contributed by atoms with Crippen LogP contribution in [-0.2, 0) is 11.3 Å². The van der Waals surface area contributed by atoms with E-state index in [-0.39, 0.29) is 0 Å². The Balaban J connectivity index is 2.08. The van der Waals surface area contributed by atoms with Gasteiger partial charge in [-0.1, -0.05) is 25.1 Å². The van der Waals surface area contributed by atoms with E-state index in [4.69, 9.17) is 5.11 Å². The van der Waals surface area contributed by atoms with E-state index in [9.17, 15) is 4.79 Å². The molecule has 0 amide bonds.